The van der Waals surface area contributed by atoms with Gasteiger partial charge in [0.2, 0.25) is 0 Å². The Balaban J connectivity index is 1.90. The largest absolute Gasteiger partial charge is 0.465 e. The molecule has 1 heterocycles. The van der Waals surface area contributed by atoms with Gasteiger partial charge in [-0.3, -0.25) is 10.3 Å². The quantitative estimate of drug-likeness (QED) is 0.279. The second kappa shape index (κ2) is 11.0. The van der Waals surface area contributed by atoms with Crippen molar-refractivity contribution in [3.63, 3.8) is 0 Å². The van der Waals surface area contributed by atoms with Gasteiger partial charge in [-0.25, -0.2) is 4.79 Å². The minimum Gasteiger partial charge on any atom is -0.465 e. The lowest BCUT2D eigenvalue weighted by atomic mass is 9.96. The van der Waals surface area contributed by atoms with Gasteiger partial charge in [0.1, 0.15) is 5.84 Å². The molecule has 0 unspecified atom stereocenters. The molecule has 0 aliphatic carbocycles. The van der Waals surface area contributed by atoms with Gasteiger partial charge in [-0.15, -0.1) is 0 Å². The normalized spacial score (nSPS) is 14.5. The SMILES string of the molecule is COC(=O)c1cc(CN(CCO)CC2CCNCC2)cc(-c2cccc(C(=N)N)c2)c1. The number of aliphatic hydroxyl groups excluding tert-OH is 1. The minimum absolute atomic E-state index is 0.00212. The van der Waals surface area contributed by atoms with Gasteiger partial charge in [-0.2, -0.15) is 0 Å². The van der Waals surface area contributed by atoms with E-state index in [0.717, 1.165) is 49.2 Å². The Hall–Kier alpha value is -2.74. The summed E-state index contributed by atoms with van der Waals surface area (Å²) in [5, 5.41) is 20.7. The summed E-state index contributed by atoms with van der Waals surface area (Å²) in [4.78, 5) is 14.6. The van der Waals surface area contributed by atoms with Gasteiger partial charge in [-0.1, -0.05) is 18.2 Å². The van der Waals surface area contributed by atoms with Gasteiger partial charge in [0, 0.05) is 25.2 Å². The molecule has 0 atom stereocenters. The van der Waals surface area contributed by atoms with E-state index >= 15 is 0 Å². The van der Waals surface area contributed by atoms with Gasteiger partial charge in [0.05, 0.1) is 19.3 Å². The molecule has 0 spiro atoms. The van der Waals surface area contributed by atoms with Crippen molar-refractivity contribution in [2.24, 2.45) is 11.7 Å². The molecule has 1 aliphatic rings. The first-order valence-electron chi connectivity index (χ1n) is 10.7. The fourth-order valence-corrected chi connectivity index (χ4v) is 4.12. The first-order chi connectivity index (χ1) is 15.0. The molecule has 1 fully saturated rings. The highest BCUT2D eigenvalue weighted by molar-refractivity contribution is 5.96. The average Bonchev–Trinajstić information content (AvgIpc) is 2.79. The van der Waals surface area contributed by atoms with Crippen LogP contribution in [0.25, 0.3) is 11.1 Å². The van der Waals surface area contributed by atoms with Crippen molar-refractivity contribution in [3.8, 4) is 11.1 Å². The number of aliphatic hydroxyl groups is 1. The number of esters is 1. The summed E-state index contributed by atoms with van der Waals surface area (Å²) in [5.41, 5.74) is 9.50. The summed E-state index contributed by atoms with van der Waals surface area (Å²) < 4.78 is 4.96. The van der Waals surface area contributed by atoms with Gasteiger partial charge in [-0.05, 0) is 72.8 Å². The van der Waals surface area contributed by atoms with E-state index in [1.54, 1.807) is 12.1 Å². The Kier molecular flexibility index (Phi) is 8.17. The molecule has 0 amide bonds. The molecular weight excluding hydrogens is 392 g/mol. The second-order valence-corrected chi connectivity index (χ2v) is 8.06. The molecule has 31 heavy (non-hydrogen) atoms. The van der Waals surface area contributed by atoms with Gasteiger partial charge >= 0.3 is 5.97 Å². The highest BCUT2D eigenvalue weighted by Crippen LogP contribution is 2.25. The standard InChI is InChI=1S/C24H32N4O3/c1-31-24(30)22-12-18(16-28(9-10-29)15-17-5-7-27-8-6-17)11-21(14-22)19-3-2-4-20(13-19)23(25)26/h2-4,11-14,17,27,29H,5-10,15-16H2,1H3,(H3,25,26). The van der Waals surface area contributed by atoms with Crippen LogP contribution in [0, 0.1) is 11.3 Å². The smallest absolute Gasteiger partial charge is 0.337 e. The molecule has 3 rings (SSSR count). The fraction of sp³-hybridized carbons (Fsp3) is 0.417. The molecule has 0 radical (unpaired) electrons. The highest BCUT2D eigenvalue weighted by atomic mass is 16.5. The van der Waals surface area contributed by atoms with Crippen LogP contribution < -0.4 is 11.1 Å². The summed E-state index contributed by atoms with van der Waals surface area (Å²) in [7, 11) is 1.38. The van der Waals surface area contributed by atoms with E-state index in [2.05, 4.69) is 16.3 Å². The van der Waals surface area contributed by atoms with E-state index < -0.39 is 5.97 Å². The Morgan fingerprint density at radius 2 is 1.94 bits per heavy atom. The number of nitrogen functional groups attached to an aromatic ring is 1. The maximum Gasteiger partial charge on any atom is 0.337 e. The monoisotopic (exact) mass is 424 g/mol. The van der Waals surface area contributed by atoms with Crippen LogP contribution in [0.1, 0.15) is 34.3 Å². The maximum absolute atomic E-state index is 12.3. The van der Waals surface area contributed by atoms with Crippen LogP contribution in [0.5, 0.6) is 0 Å². The predicted octanol–water partition coefficient (Wildman–Crippen LogP) is 2.22. The third kappa shape index (κ3) is 6.37. The Labute approximate surface area is 183 Å². The number of piperidine rings is 1. The number of rotatable bonds is 9. The number of nitrogens with zero attached hydrogens (tertiary/aromatic N) is 1. The Bertz CT molecular complexity index is 909. The number of methoxy groups -OCH3 is 1. The summed E-state index contributed by atoms with van der Waals surface area (Å²) in [6.45, 7) is 4.30. The van der Waals surface area contributed by atoms with Crippen LogP contribution in [0.15, 0.2) is 42.5 Å². The van der Waals surface area contributed by atoms with Crippen molar-refractivity contribution in [3.05, 3.63) is 59.2 Å². The lowest BCUT2D eigenvalue weighted by molar-refractivity contribution is 0.0600. The van der Waals surface area contributed by atoms with E-state index in [-0.39, 0.29) is 12.4 Å². The van der Waals surface area contributed by atoms with Crippen LogP contribution in [0.3, 0.4) is 0 Å². The van der Waals surface area contributed by atoms with E-state index in [4.69, 9.17) is 15.9 Å². The topological polar surface area (TPSA) is 112 Å². The van der Waals surface area contributed by atoms with Crippen molar-refractivity contribution in [2.45, 2.75) is 19.4 Å². The molecule has 1 aliphatic heterocycles. The lowest BCUT2D eigenvalue weighted by Gasteiger charge is -2.30. The molecule has 166 valence electrons. The molecular formula is C24H32N4O3. The predicted molar refractivity (Wildman–Crippen MR) is 122 cm³/mol. The first-order valence-corrected chi connectivity index (χ1v) is 10.7. The lowest BCUT2D eigenvalue weighted by Crippen LogP contribution is -2.37. The highest BCUT2D eigenvalue weighted by Gasteiger charge is 2.18. The summed E-state index contributed by atoms with van der Waals surface area (Å²) in [6.07, 6.45) is 2.26. The van der Waals surface area contributed by atoms with Crippen LogP contribution in [0.2, 0.25) is 0 Å². The molecule has 0 aromatic heterocycles. The summed E-state index contributed by atoms with van der Waals surface area (Å²) in [6, 6.07) is 13.1. The van der Waals surface area contributed by atoms with Crippen molar-refractivity contribution >= 4 is 11.8 Å². The minimum atomic E-state index is -0.391. The third-order valence-electron chi connectivity index (χ3n) is 5.72. The molecule has 2 aromatic rings. The number of amidine groups is 1. The summed E-state index contributed by atoms with van der Waals surface area (Å²) >= 11 is 0. The number of ether oxygens (including phenoxy) is 1. The van der Waals surface area contributed by atoms with Crippen LogP contribution >= 0.6 is 0 Å². The number of hydrogen-bond donors (Lipinski definition) is 4. The number of carbonyl (C=O) groups excluding carboxylic acids is 1. The van der Waals surface area contributed by atoms with Crippen molar-refractivity contribution in [1.82, 2.24) is 10.2 Å². The second-order valence-electron chi connectivity index (χ2n) is 8.06. The number of carbonyl (C=O) groups is 1. The zero-order chi connectivity index (χ0) is 22.2. The zero-order valence-corrected chi connectivity index (χ0v) is 18.1. The van der Waals surface area contributed by atoms with Gasteiger partial charge in [0.25, 0.3) is 0 Å². The molecule has 7 heteroatoms. The Morgan fingerprint density at radius 1 is 1.19 bits per heavy atom. The first kappa shape index (κ1) is 22.9. The number of benzene rings is 2. The fourth-order valence-electron chi connectivity index (χ4n) is 4.12. The molecule has 5 N–H and O–H groups in total. The zero-order valence-electron chi connectivity index (χ0n) is 18.1. The summed E-state index contributed by atoms with van der Waals surface area (Å²) in [5.74, 6) is 0.212. The van der Waals surface area contributed by atoms with E-state index in [1.165, 1.54) is 7.11 Å². The third-order valence-corrected chi connectivity index (χ3v) is 5.72. The van der Waals surface area contributed by atoms with Crippen molar-refractivity contribution < 1.29 is 14.6 Å². The van der Waals surface area contributed by atoms with Crippen LogP contribution in [-0.4, -0.2) is 61.7 Å². The number of nitrogens with two attached hydrogens (primary N) is 1. The van der Waals surface area contributed by atoms with E-state index in [0.29, 0.717) is 30.1 Å². The van der Waals surface area contributed by atoms with Crippen molar-refractivity contribution in [2.75, 3.05) is 39.9 Å². The van der Waals surface area contributed by atoms with E-state index in [1.807, 2.05) is 24.3 Å². The van der Waals surface area contributed by atoms with Crippen LogP contribution in [-0.2, 0) is 11.3 Å². The molecule has 0 saturated carbocycles. The molecule has 1 saturated heterocycles. The number of nitrogens with one attached hydrogen (secondary N) is 2. The Morgan fingerprint density at radius 3 is 2.61 bits per heavy atom. The molecule has 7 nitrogen and oxygen atoms in total. The average molecular weight is 425 g/mol. The van der Waals surface area contributed by atoms with Gasteiger partial charge in [0.15, 0.2) is 0 Å². The molecule has 2 aromatic carbocycles. The molecule has 0 bridgehead atoms. The van der Waals surface area contributed by atoms with Gasteiger partial charge < -0.3 is 20.9 Å². The number of hydrogen-bond acceptors (Lipinski definition) is 6. The van der Waals surface area contributed by atoms with E-state index in [9.17, 15) is 9.90 Å². The van der Waals surface area contributed by atoms with Crippen molar-refractivity contribution in [1.29, 1.82) is 5.41 Å². The maximum atomic E-state index is 12.3. The van der Waals surface area contributed by atoms with Crippen LogP contribution in [0.4, 0.5) is 0 Å².